The summed E-state index contributed by atoms with van der Waals surface area (Å²) in [7, 11) is 0. The first-order chi connectivity index (χ1) is 7.25. The third-order valence-electron chi connectivity index (χ3n) is 2.63. The van der Waals surface area contributed by atoms with Crippen molar-refractivity contribution in [3.05, 3.63) is 29.3 Å². The predicted octanol–water partition coefficient (Wildman–Crippen LogP) is 2.22. The normalized spacial score (nSPS) is 18.0. The lowest BCUT2D eigenvalue weighted by molar-refractivity contribution is 0.396. The summed E-state index contributed by atoms with van der Waals surface area (Å²) in [5.41, 5.74) is 2.73. The molecule has 0 saturated carbocycles. The van der Waals surface area contributed by atoms with Crippen LogP contribution in [0.15, 0.2) is 23.1 Å². The van der Waals surface area contributed by atoms with E-state index in [4.69, 9.17) is 0 Å². The standard InChI is InChI=1S/C12H18N2S/c1-10-3-4-12(11(2)9-10)15-14-7-5-13-6-8-14/h3-4,9,13H,5-8H2,1-2H3. The second kappa shape index (κ2) is 5.01. The maximum Gasteiger partial charge on any atom is 0.0259 e. The molecule has 1 aromatic rings. The van der Waals surface area contributed by atoms with Gasteiger partial charge in [-0.25, -0.2) is 4.31 Å². The van der Waals surface area contributed by atoms with Crippen LogP contribution in [0, 0.1) is 13.8 Å². The van der Waals surface area contributed by atoms with Gasteiger partial charge in [0, 0.05) is 31.1 Å². The highest BCUT2D eigenvalue weighted by Gasteiger charge is 2.11. The van der Waals surface area contributed by atoms with E-state index in [1.54, 1.807) is 0 Å². The van der Waals surface area contributed by atoms with Gasteiger partial charge in [-0.05, 0) is 37.4 Å². The molecule has 82 valence electrons. The van der Waals surface area contributed by atoms with E-state index < -0.39 is 0 Å². The maximum absolute atomic E-state index is 3.37. The first-order valence-corrected chi connectivity index (χ1v) is 6.24. The average Bonchev–Trinajstić information content (AvgIpc) is 2.24. The Morgan fingerprint density at radius 3 is 2.60 bits per heavy atom. The van der Waals surface area contributed by atoms with Gasteiger partial charge in [0.2, 0.25) is 0 Å². The van der Waals surface area contributed by atoms with E-state index in [1.165, 1.54) is 16.0 Å². The van der Waals surface area contributed by atoms with Crippen LogP contribution in [0.5, 0.6) is 0 Å². The molecule has 0 unspecified atom stereocenters. The number of nitrogens with zero attached hydrogens (tertiary/aromatic N) is 1. The first kappa shape index (κ1) is 11.0. The van der Waals surface area contributed by atoms with Crippen molar-refractivity contribution in [1.29, 1.82) is 0 Å². The Kier molecular flexibility index (Phi) is 3.67. The Labute approximate surface area is 96.2 Å². The Balaban J connectivity index is 2.03. The molecule has 1 N–H and O–H groups in total. The van der Waals surface area contributed by atoms with Crippen LogP contribution in [-0.4, -0.2) is 30.5 Å². The van der Waals surface area contributed by atoms with Crippen LogP contribution in [0.3, 0.4) is 0 Å². The summed E-state index contributed by atoms with van der Waals surface area (Å²) in [6.07, 6.45) is 0. The van der Waals surface area contributed by atoms with Crippen LogP contribution in [0.2, 0.25) is 0 Å². The van der Waals surface area contributed by atoms with Crippen LogP contribution >= 0.6 is 11.9 Å². The van der Waals surface area contributed by atoms with E-state index in [2.05, 4.69) is 41.7 Å². The van der Waals surface area contributed by atoms with Crippen LogP contribution in [0.1, 0.15) is 11.1 Å². The summed E-state index contributed by atoms with van der Waals surface area (Å²) in [5.74, 6) is 0. The summed E-state index contributed by atoms with van der Waals surface area (Å²) in [6, 6.07) is 6.68. The van der Waals surface area contributed by atoms with Gasteiger partial charge in [0.05, 0.1) is 0 Å². The summed E-state index contributed by atoms with van der Waals surface area (Å²) in [4.78, 5) is 1.39. The topological polar surface area (TPSA) is 15.3 Å². The lowest BCUT2D eigenvalue weighted by Crippen LogP contribution is -2.39. The zero-order chi connectivity index (χ0) is 10.7. The summed E-state index contributed by atoms with van der Waals surface area (Å²) < 4.78 is 2.44. The highest BCUT2D eigenvalue weighted by Crippen LogP contribution is 2.26. The van der Waals surface area contributed by atoms with Crippen molar-refractivity contribution in [2.75, 3.05) is 26.2 Å². The van der Waals surface area contributed by atoms with Crippen LogP contribution in [0.4, 0.5) is 0 Å². The largest absolute Gasteiger partial charge is 0.314 e. The van der Waals surface area contributed by atoms with E-state index in [-0.39, 0.29) is 0 Å². The number of rotatable bonds is 2. The van der Waals surface area contributed by atoms with Crippen LogP contribution in [-0.2, 0) is 0 Å². The third-order valence-corrected chi connectivity index (χ3v) is 3.91. The maximum atomic E-state index is 3.37. The minimum absolute atomic E-state index is 1.11. The van der Waals surface area contributed by atoms with E-state index in [9.17, 15) is 0 Å². The molecule has 0 aromatic heterocycles. The Morgan fingerprint density at radius 1 is 1.20 bits per heavy atom. The van der Waals surface area contributed by atoms with Gasteiger partial charge in [-0.2, -0.15) is 0 Å². The molecule has 0 atom stereocenters. The van der Waals surface area contributed by atoms with Crippen LogP contribution < -0.4 is 5.32 Å². The molecule has 1 aliphatic rings. The monoisotopic (exact) mass is 222 g/mol. The molecule has 2 rings (SSSR count). The molecule has 3 heteroatoms. The lowest BCUT2D eigenvalue weighted by Gasteiger charge is -2.26. The first-order valence-electron chi connectivity index (χ1n) is 5.46. The minimum atomic E-state index is 1.11. The second-order valence-electron chi connectivity index (χ2n) is 4.04. The lowest BCUT2D eigenvalue weighted by atomic mass is 10.2. The molecule has 1 saturated heterocycles. The number of aryl methyl sites for hydroxylation is 2. The zero-order valence-electron chi connectivity index (χ0n) is 9.42. The molecule has 1 fully saturated rings. The third kappa shape index (κ3) is 2.97. The Morgan fingerprint density at radius 2 is 1.93 bits per heavy atom. The van der Waals surface area contributed by atoms with Crippen molar-refractivity contribution < 1.29 is 0 Å². The van der Waals surface area contributed by atoms with E-state index >= 15 is 0 Å². The summed E-state index contributed by atoms with van der Waals surface area (Å²) >= 11 is 1.89. The fraction of sp³-hybridized carbons (Fsp3) is 0.500. The van der Waals surface area contributed by atoms with Crippen molar-refractivity contribution >= 4 is 11.9 Å². The molecule has 0 amide bonds. The molecular weight excluding hydrogens is 204 g/mol. The highest BCUT2D eigenvalue weighted by atomic mass is 32.2. The fourth-order valence-electron chi connectivity index (χ4n) is 1.78. The van der Waals surface area contributed by atoms with Crippen LogP contribution in [0.25, 0.3) is 0 Å². The van der Waals surface area contributed by atoms with Crippen molar-refractivity contribution in [1.82, 2.24) is 9.62 Å². The molecule has 0 radical (unpaired) electrons. The predicted molar refractivity (Wildman–Crippen MR) is 66.2 cm³/mol. The number of nitrogens with one attached hydrogen (secondary N) is 1. The van der Waals surface area contributed by atoms with E-state index in [0.29, 0.717) is 0 Å². The molecule has 1 heterocycles. The smallest absolute Gasteiger partial charge is 0.0259 e. The minimum Gasteiger partial charge on any atom is -0.314 e. The van der Waals surface area contributed by atoms with Gasteiger partial charge in [-0.15, -0.1) is 0 Å². The SMILES string of the molecule is Cc1ccc(SN2CCNCC2)c(C)c1. The Bertz CT molecular complexity index is 332. The molecule has 0 bridgehead atoms. The van der Waals surface area contributed by atoms with Crippen molar-refractivity contribution in [3.8, 4) is 0 Å². The van der Waals surface area contributed by atoms with Crippen molar-refractivity contribution in [3.63, 3.8) is 0 Å². The second-order valence-corrected chi connectivity index (χ2v) is 5.18. The molecule has 15 heavy (non-hydrogen) atoms. The van der Waals surface area contributed by atoms with Gasteiger partial charge >= 0.3 is 0 Å². The van der Waals surface area contributed by atoms with Gasteiger partial charge in [0.15, 0.2) is 0 Å². The summed E-state index contributed by atoms with van der Waals surface area (Å²) in [6.45, 7) is 8.83. The van der Waals surface area contributed by atoms with Gasteiger partial charge in [0.1, 0.15) is 0 Å². The molecule has 1 aromatic carbocycles. The zero-order valence-corrected chi connectivity index (χ0v) is 10.2. The number of piperazine rings is 1. The van der Waals surface area contributed by atoms with E-state index in [1.807, 2.05) is 11.9 Å². The number of benzene rings is 1. The Hall–Kier alpha value is -0.510. The van der Waals surface area contributed by atoms with Gasteiger partial charge < -0.3 is 5.32 Å². The molecule has 1 aliphatic heterocycles. The number of hydrogen-bond donors (Lipinski definition) is 1. The highest BCUT2D eigenvalue weighted by molar-refractivity contribution is 7.97. The molecular formula is C12H18N2S. The van der Waals surface area contributed by atoms with Gasteiger partial charge in [0.25, 0.3) is 0 Å². The quantitative estimate of drug-likeness (QED) is 0.772. The van der Waals surface area contributed by atoms with Crippen molar-refractivity contribution in [2.45, 2.75) is 18.7 Å². The van der Waals surface area contributed by atoms with Gasteiger partial charge in [-0.1, -0.05) is 17.7 Å². The average molecular weight is 222 g/mol. The fourth-order valence-corrected chi connectivity index (χ4v) is 2.75. The van der Waals surface area contributed by atoms with E-state index in [0.717, 1.165) is 26.2 Å². The molecule has 0 spiro atoms. The number of hydrogen-bond acceptors (Lipinski definition) is 3. The summed E-state index contributed by atoms with van der Waals surface area (Å²) in [5, 5.41) is 3.37. The van der Waals surface area contributed by atoms with Crippen molar-refractivity contribution in [2.24, 2.45) is 0 Å². The molecule has 2 nitrogen and oxygen atoms in total. The van der Waals surface area contributed by atoms with Gasteiger partial charge in [-0.3, -0.25) is 0 Å². The molecule has 0 aliphatic carbocycles.